The first-order valence-corrected chi connectivity index (χ1v) is 5.94. The number of aromatic hydroxyl groups is 1. The Morgan fingerprint density at radius 3 is 2.79 bits per heavy atom. The summed E-state index contributed by atoms with van der Waals surface area (Å²) >= 11 is 0.976. The molecule has 0 saturated carbocycles. The fraction of sp³-hybridized carbons (Fsp3) is 0. The summed E-state index contributed by atoms with van der Waals surface area (Å²) in [6.45, 7) is 0. The van der Waals surface area contributed by atoms with Gasteiger partial charge in [-0.1, -0.05) is 23.9 Å². The van der Waals surface area contributed by atoms with Crippen LogP contribution in [0.2, 0.25) is 0 Å². The molecule has 2 aromatic rings. The van der Waals surface area contributed by atoms with Crippen molar-refractivity contribution >= 4 is 17.4 Å². The van der Waals surface area contributed by atoms with Crippen molar-refractivity contribution < 1.29 is 10.0 Å². The molecule has 0 amide bonds. The Bertz CT molecular complexity index is 682. The lowest BCUT2D eigenvalue weighted by molar-refractivity contribution is -0.388. The fourth-order valence-electron chi connectivity index (χ4n) is 1.36. The summed E-state index contributed by atoms with van der Waals surface area (Å²) in [6.07, 6.45) is 1.26. The summed E-state index contributed by atoms with van der Waals surface area (Å²) in [4.78, 5) is 14.7. The van der Waals surface area contributed by atoms with Crippen LogP contribution >= 0.6 is 11.8 Å². The van der Waals surface area contributed by atoms with Crippen LogP contribution in [-0.2, 0) is 0 Å². The highest BCUT2D eigenvalue weighted by molar-refractivity contribution is 7.99. The number of phenols is 1. The lowest BCUT2D eigenvalue weighted by atomic mass is 10.3. The molecule has 1 N–H and O–H groups in total. The average molecular weight is 273 g/mol. The van der Waals surface area contributed by atoms with Crippen LogP contribution in [-0.4, -0.2) is 15.0 Å². The van der Waals surface area contributed by atoms with E-state index in [1.54, 1.807) is 24.3 Å². The zero-order valence-electron chi connectivity index (χ0n) is 9.48. The van der Waals surface area contributed by atoms with Crippen LogP contribution in [0.4, 0.5) is 5.69 Å². The Kier molecular flexibility index (Phi) is 3.63. The zero-order chi connectivity index (χ0) is 13.8. The van der Waals surface area contributed by atoms with E-state index in [-0.39, 0.29) is 22.0 Å². The Morgan fingerprint density at radius 1 is 1.42 bits per heavy atom. The van der Waals surface area contributed by atoms with Gasteiger partial charge in [0.25, 0.3) is 0 Å². The summed E-state index contributed by atoms with van der Waals surface area (Å²) in [5.41, 5.74) is -0.138. The van der Waals surface area contributed by atoms with E-state index in [0.717, 1.165) is 17.8 Å². The molecule has 0 bridgehead atoms. The third-order valence-electron chi connectivity index (χ3n) is 2.23. The SMILES string of the molecule is N#Cc1cnc(Sc2ccccc2O)c([N+](=O)[O-])c1. The van der Waals surface area contributed by atoms with Crippen molar-refractivity contribution in [1.29, 1.82) is 5.26 Å². The largest absolute Gasteiger partial charge is 0.507 e. The molecule has 6 nitrogen and oxygen atoms in total. The number of nitrogens with zero attached hydrogens (tertiary/aromatic N) is 3. The van der Waals surface area contributed by atoms with Gasteiger partial charge in [0.15, 0.2) is 5.03 Å². The molecule has 0 unspecified atom stereocenters. The maximum atomic E-state index is 10.9. The van der Waals surface area contributed by atoms with E-state index in [9.17, 15) is 15.2 Å². The van der Waals surface area contributed by atoms with Gasteiger partial charge in [0.2, 0.25) is 0 Å². The quantitative estimate of drug-likeness (QED) is 0.681. The molecule has 1 aromatic heterocycles. The summed E-state index contributed by atoms with van der Waals surface area (Å²) in [5.74, 6) is 0.0213. The highest BCUT2D eigenvalue weighted by Gasteiger charge is 2.18. The molecule has 94 valence electrons. The molecule has 0 aliphatic heterocycles. The number of pyridine rings is 1. The first-order valence-electron chi connectivity index (χ1n) is 5.12. The maximum Gasteiger partial charge on any atom is 0.303 e. The summed E-state index contributed by atoms with van der Waals surface area (Å²) < 4.78 is 0. The number of hydrogen-bond donors (Lipinski definition) is 1. The van der Waals surface area contributed by atoms with Crippen LogP contribution in [0.3, 0.4) is 0 Å². The third kappa shape index (κ3) is 2.81. The second-order valence-electron chi connectivity index (χ2n) is 3.49. The van der Waals surface area contributed by atoms with Crippen LogP contribution in [0.5, 0.6) is 5.75 Å². The molecule has 0 radical (unpaired) electrons. The van der Waals surface area contributed by atoms with Gasteiger partial charge in [0, 0.05) is 12.3 Å². The van der Waals surface area contributed by atoms with Crippen LogP contribution in [0, 0.1) is 21.4 Å². The number of rotatable bonds is 3. The lowest BCUT2D eigenvalue weighted by Gasteiger charge is -2.04. The van der Waals surface area contributed by atoms with Crippen molar-refractivity contribution in [3.05, 3.63) is 52.2 Å². The minimum Gasteiger partial charge on any atom is -0.507 e. The van der Waals surface area contributed by atoms with Crippen molar-refractivity contribution in [1.82, 2.24) is 4.98 Å². The van der Waals surface area contributed by atoms with E-state index in [4.69, 9.17) is 5.26 Å². The summed E-state index contributed by atoms with van der Waals surface area (Å²) in [6, 6.07) is 9.43. The average Bonchev–Trinajstić information content (AvgIpc) is 2.41. The minimum absolute atomic E-state index is 0.0213. The molecule has 0 saturated heterocycles. The molecule has 7 heteroatoms. The van der Waals surface area contributed by atoms with Crippen molar-refractivity contribution in [2.45, 2.75) is 9.92 Å². The number of benzene rings is 1. The summed E-state index contributed by atoms with van der Waals surface area (Å²) in [7, 11) is 0. The monoisotopic (exact) mass is 273 g/mol. The number of nitriles is 1. The van der Waals surface area contributed by atoms with Gasteiger partial charge < -0.3 is 5.11 Å². The molecule has 0 atom stereocenters. The van der Waals surface area contributed by atoms with Crippen LogP contribution in [0.25, 0.3) is 0 Å². The number of hydrogen-bond acceptors (Lipinski definition) is 6. The molecule has 1 aromatic carbocycles. The van der Waals surface area contributed by atoms with E-state index in [2.05, 4.69) is 4.98 Å². The van der Waals surface area contributed by atoms with Crippen LogP contribution in [0.1, 0.15) is 5.56 Å². The second kappa shape index (κ2) is 5.37. The van der Waals surface area contributed by atoms with Gasteiger partial charge in [-0.2, -0.15) is 5.26 Å². The summed E-state index contributed by atoms with van der Waals surface area (Å²) in [5, 5.41) is 29.4. The molecule has 0 fully saturated rings. The number of phenolic OH excluding ortho intramolecular Hbond substituents is 1. The van der Waals surface area contributed by atoms with Gasteiger partial charge in [-0.25, -0.2) is 4.98 Å². The van der Waals surface area contributed by atoms with E-state index in [1.165, 1.54) is 12.3 Å². The first-order chi connectivity index (χ1) is 9.11. The molecular weight excluding hydrogens is 266 g/mol. The predicted molar refractivity (Wildman–Crippen MR) is 67.8 cm³/mol. The smallest absolute Gasteiger partial charge is 0.303 e. The Balaban J connectivity index is 2.43. The molecule has 0 spiro atoms. The fourth-order valence-corrected chi connectivity index (χ4v) is 2.23. The predicted octanol–water partition coefficient (Wildman–Crippen LogP) is 2.72. The van der Waals surface area contributed by atoms with Gasteiger partial charge in [-0.15, -0.1) is 0 Å². The van der Waals surface area contributed by atoms with Crippen molar-refractivity contribution in [3.63, 3.8) is 0 Å². The lowest BCUT2D eigenvalue weighted by Crippen LogP contribution is -1.94. The van der Waals surface area contributed by atoms with Crippen molar-refractivity contribution in [3.8, 4) is 11.8 Å². The molecular formula is C12H7N3O3S. The van der Waals surface area contributed by atoms with E-state index < -0.39 is 4.92 Å². The molecule has 19 heavy (non-hydrogen) atoms. The van der Waals surface area contributed by atoms with Gasteiger partial charge in [-0.3, -0.25) is 10.1 Å². The number of para-hydroxylation sites is 1. The standard InChI is InChI=1S/C12H7N3O3S/c13-6-8-5-9(15(17)18)12(14-7-8)19-11-4-2-1-3-10(11)16/h1-5,7,16H. The van der Waals surface area contributed by atoms with E-state index in [1.807, 2.05) is 0 Å². The Hall–Kier alpha value is -2.59. The second-order valence-corrected chi connectivity index (χ2v) is 4.52. The Labute approximate surface area is 112 Å². The molecule has 2 rings (SSSR count). The molecule has 1 heterocycles. The van der Waals surface area contributed by atoms with Crippen LogP contribution < -0.4 is 0 Å². The van der Waals surface area contributed by atoms with E-state index in [0.29, 0.717) is 4.90 Å². The zero-order valence-corrected chi connectivity index (χ0v) is 10.3. The third-order valence-corrected chi connectivity index (χ3v) is 3.30. The number of aromatic nitrogens is 1. The van der Waals surface area contributed by atoms with Crippen molar-refractivity contribution in [2.24, 2.45) is 0 Å². The van der Waals surface area contributed by atoms with Gasteiger partial charge in [0.05, 0.1) is 15.4 Å². The van der Waals surface area contributed by atoms with Gasteiger partial charge >= 0.3 is 5.69 Å². The molecule has 0 aliphatic rings. The van der Waals surface area contributed by atoms with Gasteiger partial charge in [-0.05, 0) is 12.1 Å². The maximum absolute atomic E-state index is 10.9. The van der Waals surface area contributed by atoms with Crippen molar-refractivity contribution in [2.75, 3.05) is 0 Å². The first kappa shape index (κ1) is 12.9. The highest BCUT2D eigenvalue weighted by atomic mass is 32.2. The highest BCUT2D eigenvalue weighted by Crippen LogP contribution is 2.37. The number of nitro groups is 1. The topological polar surface area (TPSA) is 100 Å². The van der Waals surface area contributed by atoms with Crippen LogP contribution in [0.15, 0.2) is 46.5 Å². The van der Waals surface area contributed by atoms with Gasteiger partial charge in [0.1, 0.15) is 11.8 Å². The normalized spacial score (nSPS) is 9.84. The van der Waals surface area contributed by atoms with E-state index >= 15 is 0 Å². The molecule has 0 aliphatic carbocycles. The minimum atomic E-state index is -0.601. The Morgan fingerprint density at radius 2 is 2.16 bits per heavy atom.